The average molecular weight is 370 g/mol. The van der Waals surface area contributed by atoms with Crippen LogP contribution in [-0.2, 0) is 17.9 Å². The molecule has 1 aliphatic heterocycles. The monoisotopic (exact) mass is 369 g/mol. The molecular weight excluding hydrogens is 338 g/mol. The minimum atomic E-state index is 0.426. The molecule has 0 saturated carbocycles. The van der Waals surface area contributed by atoms with Crippen molar-refractivity contribution in [1.29, 1.82) is 0 Å². The topological polar surface area (TPSA) is 54.7 Å². The molecule has 0 amide bonds. The highest BCUT2D eigenvalue weighted by molar-refractivity contribution is 5.80. The number of likely N-dealkylation sites (tertiary alicyclic amines) is 1. The third kappa shape index (κ3) is 5.10. The molecule has 2 atom stereocenters. The summed E-state index contributed by atoms with van der Waals surface area (Å²) in [5.74, 6) is 1.62. The Morgan fingerprint density at radius 1 is 1.37 bits per heavy atom. The van der Waals surface area contributed by atoms with E-state index in [0.29, 0.717) is 25.1 Å². The molecule has 0 bridgehead atoms. The first kappa shape index (κ1) is 19.4. The summed E-state index contributed by atoms with van der Waals surface area (Å²) in [6.45, 7) is 8.59. The Morgan fingerprint density at radius 3 is 2.96 bits per heavy atom. The van der Waals surface area contributed by atoms with Gasteiger partial charge in [-0.2, -0.15) is 0 Å². The van der Waals surface area contributed by atoms with Gasteiger partial charge in [0.25, 0.3) is 0 Å². The third-order valence-electron chi connectivity index (χ3n) is 5.17. The minimum Gasteiger partial charge on any atom is -0.380 e. The van der Waals surface area contributed by atoms with Gasteiger partial charge in [0.1, 0.15) is 0 Å². The average Bonchev–Trinajstić information content (AvgIpc) is 3.21. The van der Waals surface area contributed by atoms with E-state index in [1.165, 1.54) is 11.1 Å². The number of aromatic nitrogens is 2. The van der Waals surface area contributed by atoms with Crippen molar-refractivity contribution >= 4 is 5.96 Å². The summed E-state index contributed by atoms with van der Waals surface area (Å²) < 4.78 is 7.47. The predicted octanol–water partition coefficient (Wildman–Crippen LogP) is 3.08. The molecule has 2 unspecified atom stereocenters. The molecule has 1 N–H and O–H groups in total. The zero-order valence-electron chi connectivity index (χ0n) is 16.6. The van der Waals surface area contributed by atoms with Crippen LogP contribution in [0.5, 0.6) is 0 Å². The van der Waals surface area contributed by atoms with Gasteiger partial charge in [-0.25, -0.2) is 9.98 Å². The first-order valence-electron chi connectivity index (χ1n) is 9.78. The third-order valence-corrected chi connectivity index (χ3v) is 5.17. The van der Waals surface area contributed by atoms with Crippen molar-refractivity contribution in [2.45, 2.75) is 39.5 Å². The molecule has 1 aromatic carbocycles. The van der Waals surface area contributed by atoms with Crippen LogP contribution in [0.15, 0.2) is 48.0 Å². The summed E-state index contributed by atoms with van der Waals surface area (Å²) in [4.78, 5) is 11.5. The van der Waals surface area contributed by atoms with Gasteiger partial charge in [-0.1, -0.05) is 31.2 Å². The first-order valence-corrected chi connectivity index (χ1v) is 9.78. The number of rotatable bonds is 6. The van der Waals surface area contributed by atoms with Crippen LogP contribution >= 0.6 is 0 Å². The Hall–Kier alpha value is -2.34. The van der Waals surface area contributed by atoms with Crippen molar-refractivity contribution in [3.63, 3.8) is 0 Å². The molecule has 1 aliphatic rings. The predicted molar refractivity (Wildman–Crippen MR) is 109 cm³/mol. The number of guanidine groups is 1. The Labute approximate surface area is 162 Å². The lowest BCUT2D eigenvalue weighted by Crippen LogP contribution is -2.49. The van der Waals surface area contributed by atoms with Gasteiger partial charge < -0.3 is 19.5 Å². The molecule has 1 fully saturated rings. The number of nitrogens with one attached hydrogen (secondary N) is 1. The van der Waals surface area contributed by atoms with E-state index in [2.05, 4.69) is 64.1 Å². The summed E-state index contributed by atoms with van der Waals surface area (Å²) in [5, 5.41) is 3.47. The molecule has 146 valence electrons. The minimum absolute atomic E-state index is 0.426. The van der Waals surface area contributed by atoms with E-state index >= 15 is 0 Å². The van der Waals surface area contributed by atoms with Gasteiger partial charge >= 0.3 is 0 Å². The fourth-order valence-corrected chi connectivity index (χ4v) is 3.67. The number of aliphatic imine (C=N–C) groups is 1. The van der Waals surface area contributed by atoms with Crippen LogP contribution in [0.2, 0.25) is 0 Å². The smallest absolute Gasteiger partial charge is 0.194 e. The SMILES string of the molecule is CCNC(=NCc1cccc(COC)c1)N1CCC(C)C(n2ccnc2)C1. The molecule has 0 spiro atoms. The van der Waals surface area contributed by atoms with Gasteiger partial charge in [-0.05, 0) is 30.4 Å². The van der Waals surface area contributed by atoms with E-state index in [9.17, 15) is 0 Å². The van der Waals surface area contributed by atoms with Gasteiger partial charge in [0.2, 0.25) is 0 Å². The summed E-state index contributed by atoms with van der Waals surface area (Å²) in [6, 6.07) is 8.88. The lowest BCUT2D eigenvalue weighted by Gasteiger charge is -2.39. The maximum absolute atomic E-state index is 5.24. The lowest BCUT2D eigenvalue weighted by atomic mass is 9.93. The number of piperidine rings is 1. The van der Waals surface area contributed by atoms with Crippen LogP contribution in [0.3, 0.4) is 0 Å². The van der Waals surface area contributed by atoms with Crippen LogP contribution in [0, 0.1) is 5.92 Å². The molecular formula is C21H31N5O. The van der Waals surface area contributed by atoms with Crippen molar-refractivity contribution in [3.8, 4) is 0 Å². The second-order valence-electron chi connectivity index (χ2n) is 7.21. The normalized spacial score (nSPS) is 20.7. The molecule has 2 aromatic rings. The largest absolute Gasteiger partial charge is 0.380 e. The fraction of sp³-hybridized carbons (Fsp3) is 0.524. The number of imidazole rings is 1. The molecule has 6 heteroatoms. The van der Waals surface area contributed by atoms with E-state index in [0.717, 1.165) is 32.0 Å². The second-order valence-corrected chi connectivity index (χ2v) is 7.21. The van der Waals surface area contributed by atoms with E-state index in [1.807, 2.05) is 12.5 Å². The number of methoxy groups -OCH3 is 1. The molecule has 6 nitrogen and oxygen atoms in total. The second kappa shape index (κ2) is 9.55. The van der Waals surface area contributed by atoms with E-state index in [-0.39, 0.29) is 0 Å². The van der Waals surface area contributed by atoms with E-state index < -0.39 is 0 Å². The quantitative estimate of drug-likeness (QED) is 0.628. The molecule has 1 saturated heterocycles. The Morgan fingerprint density at radius 2 is 2.22 bits per heavy atom. The molecule has 0 aliphatic carbocycles. The van der Waals surface area contributed by atoms with Gasteiger partial charge in [0.05, 0.1) is 25.5 Å². The molecule has 0 radical (unpaired) electrons. The van der Waals surface area contributed by atoms with Crippen molar-refractivity contribution in [2.75, 3.05) is 26.7 Å². The zero-order valence-corrected chi connectivity index (χ0v) is 16.6. The number of nitrogens with zero attached hydrogens (tertiary/aromatic N) is 4. The lowest BCUT2D eigenvalue weighted by molar-refractivity contribution is 0.185. The van der Waals surface area contributed by atoms with Crippen LogP contribution < -0.4 is 5.32 Å². The van der Waals surface area contributed by atoms with Gasteiger partial charge in [-0.15, -0.1) is 0 Å². The standard InChI is InChI=1S/C21H31N5O/c1-4-23-21(24-13-18-6-5-7-19(12-18)15-27-3)25-10-8-17(2)20(14-25)26-11-9-22-16-26/h5-7,9,11-12,16-17,20H,4,8,10,13-15H2,1-3H3,(H,23,24). The van der Waals surface area contributed by atoms with Crippen molar-refractivity contribution < 1.29 is 4.74 Å². The van der Waals surface area contributed by atoms with Gasteiger partial charge in [0.15, 0.2) is 5.96 Å². The Kier molecular flexibility index (Phi) is 6.87. The maximum Gasteiger partial charge on any atom is 0.194 e. The zero-order chi connectivity index (χ0) is 19.1. The van der Waals surface area contributed by atoms with Crippen LogP contribution in [-0.4, -0.2) is 47.2 Å². The van der Waals surface area contributed by atoms with Crippen molar-refractivity contribution in [3.05, 3.63) is 54.1 Å². The summed E-state index contributed by atoms with van der Waals surface area (Å²) >= 11 is 0. The Balaban J connectivity index is 1.72. The summed E-state index contributed by atoms with van der Waals surface area (Å²) in [7, 11) is 1.72. The first-order chi connectivity index (χ1) is 13.2. The molecule has 2 heterocycles. The highest BCUT2D eigenvalue weighted by Gasteiger charge is 2.28. The van der Waals surface area contributed by atoms with E-state index in [1.54, 1.807) is 7.11 Å². The van der Waals surface area contributed by atoms with E-state index in [4.69, 9.17) is 9.73 Å². The van der Waals surface area contributed by atoms with Crippen LogP contribution in [0.4, 0.5) is 0 Å². The molecule has 27 heavy (non-hydrogen) atoms. The van der Waals surface area contributed by atoms with Gasteiger partial charge in [-0.3, -0.25) is 0 Å². The highest BCUT2D eigenvalue weighted by atomic mass is 16.5. The summed E-state index contributed by atoms with van der Waals surface area (Å²) in [6.07, 6.45) is 7.00. The number of hydrogen-bond acceptors (Lipinski definition) is 3. The van der Waals surface area contributed by atoms with Crippen LogP contribution in [0.1, 0.15) is 37.4 Å². The van der Waals surface area contributed by atoms with Gasteiger partial charge in [0, 0.05) is 39.1 Å². The van der Waals surface area contributed by atoms with Crippen molar-refractivity contribution in [1.82, 2.24) is 19.8 Å². The summed E-state index contributed by atoms with van der Waals surface area (Å²) in [5.41, 5.74) is 2.39. The number of benzene rings is 1. The van der Waals surface area contributed by atoms with Crippen molar-refractivity contribution in [2.24, 2.45) is 10.9 Å². The van der Waals surface area contributed by atoms with Crippen LogP contribution in [0.25, 0.3) is 0 Å². The molecule has 3 rings (SSSR count). The highest BCUT2D eigenvalue weighted by Crippen LogP contribution is 2.27. The Bertz CT molecular complexity index is 728. The fourth-order valence-electron chi connectivity index (χ4n) is 3.67. The number of hydrogen-bond donors (Lipinski definition) is 1. The maximum atomic E-state index is 5.24. The number of ether oxygens (including phenoxy) is 1. The molecule has 1 aromatic heterocycles.